The highest BCUT2D eigenvalue weighted by Gasteiger charge is 2.39. The summed E-state index contributed by atoms with van der Waals surface area (Å²) in [4.78, 5) is 11.7. The Morgan fingerprint density at radius 2 is 1.81 bits per heavy atom. The van der Waals surface area contributed by atoms with Gasteiger partial charge in [0.25, 0.3) is 5.78 Å². The summed E-state index contributed by atoms with van der Waals surface area (Å²) in [5.41, 5.74) is -0.312. The van der Waals surface area contributed by atoms with E-state index in [1.165, 1.54) is 12.1 Å². The molecule has 1 aromatic carbocycles. The molecule has 0 saturated heterocycles. The Morgan fingerprint density at radius 3 is 2.25 bits per heavy atom. The first-order valence-electron chi connectivity index (χ1n) is 4.79. The lowest BCUT2D eigenvalue weighted by atomic mass is 10.1. The molecule has 1 nitrogen and oxygen atoms in total. The maximum absolute atomic E-state index is 12.1. The van der Waals surface area contributed by atoms with Crippen molar-refractivity contribution in [1.29, 1.82) is 0 Å². The van der Waals surface area contributed by atoms with Crippen molar-refractivity contribution in [3.05, 3.63) is 29.8 Å². The highest BCUT2D eigenvalue weighted by Crippen LogP contribution is 2.24. The topological polar surface area (TPSA) is 17.1 Å². The van der Waals surface area contributed by atoms with Crippen molar-refractivity contribution in [2.24, 2.45) is 0 Å². The number of hydrogen-bond acceptors (Lipinski definition) is 2. The highest BCUT2D eigenvalue weighted by atomic mass is 32.2. The van der Waals surface area contributed by atoms with Gasteiger partial charge in [0.15, 0.2) is 0 Å². The van der Waals surface area contributed by atoms with Crippen LogP contribution in [0, 0.1) is 0 Å². The van der Waals surface area contributed by atoms with Crippen LogP contribution < -0.4 is 0 Å². The molecule has 0 aliphatic heterocycles. The number of alkyl halides is 3. The molecule has 0 bridgehead atoms. The Bertz CT molecular complexity index is 356. The molecule has 5 heteroatoms. The number of halogens is 3. The van der Waals surface area contributed by atoms with Crippen LogP contribution in [0.3, 0.4) is 0 Å². The minimum atomic E-state index is -4.79. The van der Waals surface area contributed by atoms with Gasteiger partial charge in [0.2, 0.25) is 0 Å². The Morgan fingerprint density at radius 1 is 1.25 bits per heavy atom. The van der Waals surface area contributed by atoms with Crippen LogP contribution in [0.4, 0.5) is 13.2 Å². The quantitative estimate of drug-likeness (QED) is 0.593. The third-order valence-electron chi connectivity index (χ3n) is 1.85. The average molecular weight is 248 g/mol. The van der Waals surface area contributed by atoms with Gasteiger partial charge in [-0.2, -0.15) is 13.2 Å². The van der Waals surface area contributed by atoms with Crippen molar-refractivity contribution in [1.82, 2.24) is 0 Å². The maximum atomic E-state index is 12.1. The van der Waals surface area contributed by atoms with Crippen LogP contribution in [0.15, 0.2) is 29.2 Å². The molecule has 0 spiro atoms. The minimum absolute atomic E-state index is 0.312. The number of ketones is 1. The summed E-state index contributed by atoms with van der Waals surface area (Å²) in [6.07, 6.45) is -3.80. The lowest BCUT2D eigenvalue weighted by Gasteiger charge is -2.05. The van der Waals surface area contributed by atoms with E-state index in [0.29, 0.717) is 0 Å². The van der Waals surface area contributed by atoms with E-state index in [-0.39, 0.29) is 5.56 Å². The van der Waals surface area contributed by atoms with Crippen molar-refractivity contribution < 1.29 is 18.0 Å². The summed E-state index contributed by atoms with van der Waals surface area (Å²) < 4.78 is 36.2. The van der Waals surface area contributed by atoms with Crippen molar-refractivity contribution in [2.75, 3.05) is 5.75 Å². The molecule has 1 rings (SSSR count). The SMILES string of the molecule is CCCSc1ccc(C(=O)C(F)(F)F)cc1. The lowest BCUT2D eigenvalue weighted by Crippen LogP contribution is -2.22. The molecule has 0 fully saturated rings. The van der Waals surface area contributed by atoms with E-state index in [4.69, 9.17) is 0 Å². The monoisotopic (exact) mass is 248 g/mol. The number of thioether (sulfide) groups is 1. The van der Waals surface area contributed by atoms with Gasteiger partial charge in [0.05, 0.1) is 0 Å². The van der Waals surface area contributed by atoms with E-state index < -0.39 is 12.0 Å². The second-order valence-electron chi connectivity index (χ2n) is 3.20. The second-order valence-corrected chi connectivity index (χ2v) is 4.37. The number of benzene rings is 1. The largest absolute Gasteiger partial charge is 0.454 e. The Labute approximate surface area is 96.0 Å². The summed E-state index contributed by atoms with van der Waals surface area (Å²) in [5, 5.41) is 0. The predicted molar refractivity (Wildman–Crippen MR) is 57.8 cm³/mol. The van der Waals surface area contributed by atoms with Crippen LogP contribution in [0.5, 0.6) is 0 Å². The first kappa shape index (κ1) is 13.1. The lowest BCUT2D eigenvalue weighted by molar-refractivity contribution is -0.0885. The van der Waals surface area contributed by atoms with Crippen LogP contribution >= 0.6 is 11.8 Å². The summed E-state index contributed by atoms with van der Waals surface area (Å²) in [7, 11) is 0. The van der Waals surface area contributed by atoms with Gasteiger partial charge >= 0.3 is 6.18 Å². The molecule has 0 aliphatic rings. The van der Waals surface area contributed by atoms with E-state index >= 15 is 0 Å². The average Bonchev–Trinajstić information content (AvgIpc) is 2.25. The predicted octanol–water partition coefficient (Wildman–Crippen LogP) is 3.93. The van der Waals surface area contributed by atoms with E-state index in [9.17, 15) is 18.0 Å². The molecular formula is C11H11F3OS. The summed E-state index contributed by atoms with van der Waals surface area (Å²) >= 11 is 1.56. The van der Waals surface area contributed by atoms with Crippen LogP contribution in [-0.4, -0.2) is 17.7 Å². The fourth-order valence-corrected chi connectivity index (χ4v) is 1.85. The van der Waals surface area contributed by atoms with Gasteiger partial charge in [-0.05, 0) is 36.4 Å². The number of Topliss-reactive ketones (excluding diaryl/α,β-unsaturated/α-hetero) is 1. The standard InChI is InChI=1S/C11H11F3OS/c1-2-7-16-9-5-3-8(4-6-9)10(15)11(12,13)14/h3-6H,2,7H2,1H3. The molecule has 0 amide bonds. The molecule has 0 radical (unpaired) electrons. The Kier molecular flexibility index (Phi) is 4.41. The molecule has 0 saturated carbocycles. The fraction of sp³-hybridized carbons (Fsp3) is 0.364. The summed E-state index contributed by atoms with van der Waals surface area (Å²) in [6, 6.07) is 5.51. The van der Waals surface area contributed by atoms with Crippen LogP contribution in [0.1, 0.15) is 23.7 Å². The molecule has 0 aliphatic carbocycles. The zero-order valence-electron chi connectivity index (χ0n) is 8.67. The van der Waals surface area contributed by atoms with E-state index in [1.54, 1.807) is 23.9 Å². The van der Waals surface area contributed by atoms with Gasteiger partial charge in [0, 0.05) is 10.5 Å². The highest BCUT2D eigenvalue weighted by molar-refractivity contribution is 7.99. The van der Waals surface area contributed by atoms with Crippen molar-refractivity contribution in [3.8, 4) is 0 Å². The molecule has 0 unspecified atom stereocenters. The molecule has 88 valence electrons. The van der Waals surface area contributed by atoms with Gasteiger partial charge in [-0.15, -0.1) is 11.8 Å². The zero-order valence-corrected chi connectivity index (χ0v) is 9.49. The normalized spacial score (nSPS) is 11.5. The van der Waals surface area contributed by atoms with Crippen molar-refractivity contribution >= 4 is 17.5 Å². The molecule has 0 atom stereocenters. The molecule has 1 aromatic rings. The molecular weight excluding hydrogens is 237 g/mol. The van der Waals surface area contributed by atoms with Gasteiger partial charge in [-0.25, -0.2) is 0 Å². The zero-order chi connectivity index (χ0) is 12.2. The van der Waals surface area contributed by atoms with Crippen molar-refractivity contribution in [3.63, 3.8) is 0 Å². The third kappa shape index (κ3) is 3.56. The van der Waals surface area contributed by atoms with E-state index in [0.717, 1.165) is 17.1 Å². The number of hydrogen-bond donors (Lipinski definition) is 0. The van der Waals surface area contributed by atoms with Gasteiger partial charge in [-0.3, -0.25) is 4.79 Å². The van der Waals surface area contributed by atoms with Gasteiger partial charge in [0.1, 0.15) is 0 Å². The van der Waals surface area contributed by atoms with Crippen LogP contribution in [-0.2, 0) is 0 Å². The van der Waals surface area contributed by atoms with E-state index in [2.05, 4.69) is 0 Å². The number of rotatable bonds is 4. The van der Waals surface area contributed by atoms with Crippen LogP contribution in [0.2, 0.25) is 0 Å². The van der Waals surface area contributed by atoms with Gasteiger partial charge in [-0.1, -0.05) is 6.92 Å². The Hall–Kier alpha value is -0.970. The van der Waals surface area contributed by atoms with E-state index in [1.807, 2.05) is 6.92 Å². The molecule has 0 aromatic heterocycles. The fourth-order valence-electron chi connectivity index (χ4n) is 1.09. The number of carbonyl (C=O) groups is 1. The second kappa shape index (κ2) is 5.39. The first-order valence-corrected chi connectivity index (χ1v) is 5.78. The summed E-state index contributed by atoms with van der Waals surface area (Å²) in [6.45, 7) is 2.02. The summed E-state index contributed by atoms with van der Waals surface area (Å²) in [5.74, 6) is -0.883. The van der Waals surface area contributed by atoms with Crippen molar-refractivity contribution in [2.45, 2.75) is 24.4 Å². The molecule has 0 heterocycles. The molecule has 0 N–H and O–H groups in total. The maximum Gasteiger partial charge on any atom is 0.454 e. The Balaban J connectivity index is 2.75. The minimum Gasteiger partial charge on any atom is -0.284 e. The first-order chi connectivity index (χ1) is 7.45. The number of carbonyl (C=O) groups excluding carboxylic acids is 1. The van der Waals surface area contributed by atoms with Gasteiger partial charge < -0.3 is 0 Å². The van der Waals surface area contributed by atoms with Crippen LogP contribution in [0.25, 0.3) is 0 Å². The third-order valence-corrected chi connectivity index (χ3v) is 3.06. The molecule has 16 heavy (non-hydrogen) atoms. The smallest absolute Gasteiger partial charge is 0.284 e.